The topological polar surface area (TPSA) is 45.8 Å². The highest BCUT2D eigenvalue weighted by Crippen LogP contribution is 2.31. The van der Waals surface area contributed by atoms with Gasteiger partial charge in [-0.1, -0.05) is 0 Å². The summed E-state index contributed by atoms with van der Waals surface area (Å²) in [6.07, 6.45) is 0.816. The van der Waals surface area contributed by atoms with Crippen LogP contribution < -0.4 is 0 Å². The van der Waals surface area contributed by atoms with Gasteiger partial charge in [0, 0.05) is 12.2 Å². The minimum atomic E-state index is -0.0593. The Labute approximate surface area is 109 Å². The van der Waals surface area contributed by atoms with E-state index in [1.54, 1.807) is 0 Å². The summed E-state index contributed by atoms with van der Waals surface area (Å²) < 4.78 is 2.00. The molecule has 0 aromatic carbocycles. The molecule has 0 bridgehead atoms. The van der Waals surface area contributed by atoms with Gasteiger partial charge in [0.2, 0.25) is 5.78 Å². The fourth-order valence-electron chi connectivity index (χ4n) is 2.49. The molecule has 1 aliphatic heterocycles. The molecule has 0 fully saturated rings. The van der Waals surface area contributed by atoms with E-state index in [2.05, 4.69) is 6.07 Å². The van der Waals surface area contributed by atoms with Crippen molar-refractivity contribution in [2.45, 2.75) is 25.8 Å². The Morgan fingerprint density at radius 2 is 2.33 bits per heavy atom. The number of hydrogen-bond acceptors (Lipinski definition) is 3. The highest BCUT2D eigenvalue weighted by atomic mass is 32.1. The third-order valence-corrected chi connectivity index (χ3v) is 4.48. The van der Waals surface area contributed by atoms with Crippen molar-refractivity contribution in [3.63, 3.8) is 0 Å². The van der Waals surface area contributed by atoms with E-state index in [-0.39, 0.29) is 11.7 Å². The van der Waals surface area contributed by atoms with Gasteiger partial charge >= 0.3 is 0 Å². The second-order valence-corrected chi connectivity index (χ2v) is 5.44. The van der Waals surface area contributed by atoms with Gasteiger partial charge in [-0.25, -0.2) is 0 Å². The summed E-state index contributed by atoms with van der Waals surface area (Å²) in [5.74, 6) is 0.0170. The van der Waals surface area contributed by atoms with Gasteiger partial charge in [0.15, 0.2) is 0 Å². The van der Waals surface area contributed by atoms with E-state index < -0.39 is 0 Å². The Hall–Kier alpha value is -1.86. The van der Waals surface area contributed by atoms with Crippen LogP contribution in [0.25, 0.3) is 0 Å². The maximum absolute atomic E-state index is 12.5. The molecule has 18 heavy (non-hydrogen) atoms. The molecule has 0 N–H and O–H groups in total. The normalized spacial score (nSPS) is 17.4. The van der Waals surface area contributed by atoms with Gasteiger partial charge < -0.3 is 4.57 Å². The van der Waals surface area contributed by atoms with Crippen LogP contribution in [0.5, 0.6) is 0 Å². The lowest BCUT2D eigenvalue weighted by atomic mass is 10.1. The van der Waals surface area contributed by atoms with E-state index >= 15 is 0 Å². The summed E-state index contributed by atoms with van der Waals surface area (Å²) in [5.41, 5.74) is 2.72. The Morgan fingerprint density at radius 3 is 3.00 bits per heavy atom. The molecule has 1 aliphatic rings. The third kappa shape index (κ3) is 1.52. The van der Waals surface area contributed by atoms with E-state index in [4.69, 9.17) is 5.26 Å². The summed E-state index contributed by atoms with van der Waals surface area (Å²) in [7, 11) is 0. The number of thiophene rings is 1. The first-order valence-corrected chi connectivity index (χ1v) is 6.78. The Morgan fingerprint density at radius 1 is 1.50 bits per heavy atom. The molecule has 2 aromatic rings. The quantitative estimate of drug-likeness (QED) is 0.775. The Balaban J connectivity index is 2.03. The number of fused-ring (bicyclic) bond motifs is 1. The summed E-state index contributed by atoms with van der Waals surface area (Å²) in [4.78, 5) is 13.3. The van der Waals surface area contributed by atoms with Crippen molar-refractivity contribution in [2.24, 2.45) is 0 Å². The highest BCUT2D eigenvalue weighted by molar-refractivity contribution is 7.12. The van der Waals surface area contributed by atoms with E-state index in [1.807, 2.05) is 35.1 Å². The lowest BCUT2D eigenvalue weighted by Gasteiger charge is -2.04. The summed E-state index contributed by atoms with van der Waals surface area (Å²) >= 11 is 1.48. The predicted molar refractivity (Wildman–Crippen MR) is 69.9 cm³/mol. The number of ketones is 1. The van der Waals surface area contributed by atoms with Crippen LogP contribution in [0.3, 0.4) is 0 Å². The fraction of sp³-hybridized carbons (Fsp3) is 0.286. The molecule has 3 rings (SSSR count). The molecule has 0 aliphatic carbocycles. The maximum Gasteiger partial charge on any atom is 0.219 e. The largest absolute Gasteiger partial charge is 0.341 e. The molecule has 2 aromatic heterocycles. The van der Waals surface area contributed by atoms with Gasteiger partial charge in [-0.3, -0.25) is 4.79 Å². The lowest BCUT2D eigenvalue weighted by molar-refractivity contribution is 0.103. The molecule has 0 radical (unpaired) electrons. The predicted octanol–water partition coefficient (Wildman–Crippen LogP) is 3.10. The second-order valence-electron chi connectivity index (χ2n) is 4.53. The molecule has 1 unspecified atom stereocenters. The van der Waals surface area contributed by atoms with Crippen molar-refractivity contribution >= 4 is 17.1 Å². The summed E-state index contributed by atoms with van der Waals surface area (Å²) in [5, 5.41) is 11.0. The minimum absolute atomic E-state index is 0.0593. The molecule has 3 heterocycles. The summed E-state index contributed by atoms with van der Waals surface area (Å²) in [6.45, 7) is 2.72. The number of aromatic nitrogens is 1. The molecule has 0 spiro atoms. The zero-order valence-electron chi connectivity index (χ0n) is 10.0. The number of hydrogen-bond donors (Lipinski definition) is 0. The Bertz CT molecular complexity index is 660. The average Bonchev–Trinajstić information content (AvgIpc) is 3.02. The first kappa shape index (κ1) is 11.2. The average molecular weight is 256 g/mol. The van der Waals surface area contributed by atoms with Crippen LogP contribution in [0.2, 0.25) is 0 Å². The highest BCUT2D eigenvalue weighted by Gasteiger charge is 2.27. The van der Waals surface area contributed by atoms with Crippen LogP contribution in [0.4, 0.5) is 0 Å². The molecule has 90 valence electrons. The van der Waals surface area contributed by atoms with Crippen LogP contribution in [-0.4, -0.2) is 10.4 Å². The standard InChI is InChI=1S/C14H12N2OS/c1-9-5-7-18-14(9)13(17)12-3-2-11-10(8-15)4-6-16(11)12/h2-3,5,7,10H,4,6H2,1H3. The van der Waals surface area contributed by atoms with Crippen molar-refractivity contribution in [2.75, 3.05) is 0 Å². The van der Waals surface area contributed by atoms with E-state index in [1.165, 1.54) is 11.3 Å². The van der Waals surface area contributed by atoms with E-state index in [9.17, 15) is 4.79 Å². The number of carbonyl (C=O) groups excluding carboxylic acids is 1. The second kappa shape index (κ2) is 4.11. The SMILES string of the molecule is Cc1ccsc1C(=O)c1ccc2n1CCC2C#N. The van der Waals surface area contributed by atoms with Gasteiger partial charge in [-0.15, -0.1) is 11.3 Å². The van der Waals surface area contributed by atoms with E-state index in [0.717, 1.165) is 29.1 Å². The number of carbonyl (C=O) groups is 1. The van der Waals surface area contributed by atoms with Gasteiger partial charge in [0.1, 0.15) is 0 Å². The van der Waals surface area contributed by atoms with Crippen LogP contribution in [0, 0.1) is 18.3 Å². The molecule has 3 nitrogen and oxygen atoms in total. The van der Waals surface area contributed by atoms with Gasteiger partial charge in [0.25, 0.3) is 0 Å². The van der Waals surface area contributed by atoms with Crippen LogP contribution in [-0.2, 0) is 6.54 Å². The summed E-state index contributed by atoms with van der Waals surface area (Å²) in [6, 6.07) is 8.01. The number of aryl methyl sites for hydroxylation is 1. The van der Waals surface area contributed by atoms with Crippen molar-refractivity contribution in [3.8, 4) is 6.07 Å². The van der Waals surface area contributed by atoms with Crippen molar-refractivity contribution in [1.82, 2.24) is 4.57 Å². The van der Waals surface area contributed by atoms with E-state index in [0.29, 0.717) is 5.69 Å². The van der Waals surface area contributed by atoms with Crippen LogP contribution in [0.1, 0.15) is 39.0 Å². The smallest absolute Gasteiger partial charge is 0.219 e. The third-order valence-electron chi connectivity index (χ3n) is 3.47. The van der Waals surface area contributed by atoms with Crippen LogP contribution >= 0.6 is 11.3 Å². The van der Waals surface area contributed by atoms with Crippen molar-refractivity contribution in [3.05, 3.63) is 45.4 Å². The Kier molecular flexibility index (Phi) is 2.57. The van der Waals surface area contributed by atoms with Gasteiger partial charge in [0.05, 0.1) is 22.6 Å². The first-order chi connectivity index (χ1) is 8.72. The van der Waals surface area contributed by atoms with Gasteiger partial charge in [-0.05, 0) is 42.5 Å². The molecule has 0 saturated carbocycles. The van der Waals surface area contributed by atoms with Gasteiger partial charge in [-0.2, -0.15) is 5.26 Å². The zero-order chi connectivity index (χ0) is 12.7. The zero-order valence-corrected chi connectivity index (χ0v) is 10.8. The first-order valence-electron chi connectivity index (χ1n) is 5.90. The molecule has 1 atom stereocenters. The molecule has 0 amide bonds. The lowest BCUT2D eigenvalue weighted by Crippen LogP contribution is -2.08. The van der Waals surface area contributed by atoms with Crippen molar-refractivity contribution < 1.29 is 4.79 Å². The number of nitrogens with zero attached hydrogens (tertiary/aromatic N) is 2. The minimum Gasteiger partial charge on any atom is -0.341 e. The number of nitriles is 1. The monoisotopic (exact) mass is 256 g/mol. The molecular formula is C14H12N2OS. The van der Waals surface area contributed by atoms with Crippen molar-refractivity contribution in [1.29, 1.82) is 5.26 Å². The molecule has 0 saturated heterocycles. The van der Waals surface area contributed by atoms with Crippen LogP contribution in [0.15, 0.2) is 23.6 Å². The maximum atomic E-state index is 12.5. The number of rotatable bonds is 2. The fourth-order valence-corrected chi connectivity index (χ4v) is 3.37. The molecular weight excluding hydrogens is 244 g/mol. The molecule has 4 heteroatoms.